The Morgan fingerprint density at radius 3 is 2.68 bits per heavy atom. The Morgan fingerprint density at radius 2 is 1.97 bits per heavy atom. The monoisotopic (exact) mass is 426 g/mol. The van der Waals surface area contributed by atoms with E-state index in [1.165, 1.54) is 5.56 Å². The van der Waals surface area contributed by atoms with Crippen molar-refractivity contribution in [3.8, 4) is 0 Å². The zero-order chi connectivity index (χ0) is 22.1. The molecule has 1 aromatic heterocycles. The quantitative estimate of drug-likeness (QED) is 0.365. The number of aliphatic imine (C=N–C) groups is 1. The number of benzene rings is 1. The molecule has 170 valence electrons. The number of hydrogen-bond donors (Lipinski definition) is 2. The van der Waals surface area contributed by atoms with Crippen LogP contribution in [0, 0.1) is 0 Å². The molecule has 1 unspecified atom stereocenters. The van der Waals surface area contributed by atoms with E-state index < -0.39 is 0 Å². The van der Waals surface area contributed by atoms with Crippen LogP contribution in [0.15, 0.2) is 39.8 Å². The standard InChI is InChI=1S/C24H38N6O/c1-5-21-20(23(6-2)31-28-21)17-27-24(25-3)26-13-10-14-30-16-15-29(4)18-22(30)19-11-8-7-9-12-19/h7-9,11-12,22H,5-6,10,13-18H2,1-4H3,(H2,25,26,27). The van der Waals surface area contributed by atoms with Gasteiger partial charge in [0.15, 0.2) is 5.96 Å². The molecule has 1 fully saturated rings. The Labute approximate surface area is 186 Å². The molecule has 0 saturated carbocycles. The predicted octanol–water partition coefficient (Wildman–Crippen LogP) is 2.84. The van der Waals surface area contributed by atoms with Crippen LogP contribution in [0.3, 0.4) is 0 Å². The molecule has 3 rings (SSSR count). The van der Waals surface area contributed by atoms with Crippen LogP contribution in [0.1, 0.15) is 48.9 Å². The molecule has 1 aliphatic heterocycles. The highest BCUT2D eigenvalue weighted by Crippen LogP contribution is 2.24. The molecule has 1 aromatic carbocycles. The summed E-state index contributed by atoms with van der Waals surface area (Å²) in [6.07, 6.45) is 2.80. The van der Waals surface area contributed by atoms with Crippen LogP contribution in [-0.2, 0) is 19.4 Å². The zero-order valence-corrected chi connectivity index (χ0v) is 19.5. The molecule has 7 heteroatoms. The number of likely N-dealkylation sites (N-methyl/N-ethyl adjacent to an activating group) is 1. The molecule has 0 amide bonds. The molecule has 1 saturated heterocycles. The first-order valence-corrected chi connectivity index (χ1v) is 11.5. The highest BCUT2D eigenvalue weighted by atomic mass is 16.5. The summed E-state index contributed by atoms with van der Waals surface area (Å²) in [7, 11) is 4.03. The van der Waals surface area contributed by atoms with Crippen molar-refractivity contribution in [2.75, 3.05) is 46.8 Å². The number of hydrogen-bond acceptors (Lipinski definition) is 5. The summed E-state index contributed by atoms with van der Waals surface area (Å²) in [5, 5.41) is 11.1. The van der Waals surface area contributed by atoms with Gasteiger partial charge in [-0.1, -0.05) is 49.3 Å². The molecule has 2 N–H and O–H groups in total. The predicted molar refractivity (Wildman–Crippen MR) is 126 cm³/mol. The van der Waals surface area contributed by atoms with Gasteiger partial charge >= 0.3 is 0 Å². The van der Waals surface area contributed by atoms with Crippen molar-refractivity contribution in [1.29, 1.82) is 0 Å². The number of nitrogens with zero attached hydrogens (tertiary/aromatic N) is 4. The van der Waals surface area contributed by atoms with Crippen molar-refractivity contribution in [2.45, 2.75) is 45.7 Å². The Bertz CT molecular complexity index is 797. The smallest absolute Gasteiger partial charge is 0.191 e. The minimum Gasteiger partial charge on any atom is -0.361 e. The molecule has 0 radical (unpaired) electrons. The highest BCUT2D eigenvalue weighted by molar-refractivity contribution is 5.79. The fraction of sp³-hybridized carbons (Fsp3) is 0.583. The fourth-order valence-electron chi connectivity index (χ4n) is 4.24. The zero-order valence-electron chi connectivity index (χ0n) is 19.5. The van der Waals surface area contributed by atoms with Gasteiger partial charge in [-0.05, 0) is 25.5 Å². The maximum Gasteiger partial charge on any atom is 0.191 e. The average molecular weight is 427 g/mol. The third kappa shape index (κ3) is 6.31. The molecule has 31 heavy (non-hydrogen) atoms. The van der Waals surface area contributed by atoms with E-state index in [0.29, 0.717) is 12.6 Å². The number of guanidine groups is 1. The fourth-order valence-corrected chi connectivity index (χ4v) is 4.24. The summed E-state index contributed by atoms with van der Waals surface area (Å²) in [5.74, 6) is 1.78. The van der Waals surface area contributed by atoms with Crippen molar-refractivity contribution in [1.82, 2.24) is 25.6 Å². The molecule has 2 aromatic rings. The Hall–Kier alpha value is -2.38. The molecule has 0 spiro atoms. The van der Waals surface area contributed by atoms with Crippen LogP contribution in [-0.4, -0.2) is 67.7 Å². The maximum atomic E-state index is 5.46. The van der Waals surface area contributed by atoms with Gasteiger partial charge in [-0.25, -0.2) is 0 Å². The summed E-state index contributed by atoms with van der Waals surface area (Å²) in [4.78, 5) is 9.42. The third-order valence-electron chi connectivity index (χ3n) is 6.06. The van der Waals surface area contributed by atoms with Crippen LogP contribution in [0.5, 0.6) is 0 Å². The maximum absolute atomic E-state index is 5.46. The Morgan fingerprint density at radius 1 is 1.16 bits per heavy atom. The van der Waals surface area contributed by atoms with Crippen molar-refractivity contribution in [3.63, 3.8) is 0 Å². The number of nitrogens with one attached hydrogen (secondary N) is 2. The largest absolute Gasteiger partial charge is 0.361 e. The normalized spacial score (nSPS) is 18.3. The molecule has 7 nitrogen and oxygen atoms in total. The van der Waals surface area contributed by atoms with Gasteiger partial charge in [0.1, 0.15) is 5.76 Å². The van der Waals surface area contributed by atoms with Gasteiger partial charge in [0.2, 0.25) is 0 Å². The van der Waals surface area contributed by atoms with Crippen LogP contribution < -0.4 is 10.6 Å². The number of aromatic nitrogens is 1. The van der Waals surface area contributed by atoms with Gasteiger partial charge in [-0.15, -0.1) is 0 Å². The summed E-state index contributed by atoms with van der Waals surface area (Å²) >= 11 is 0. The van der Waals surface area contributed by atoms with E-state index in [4.69, 9.17) is 4.52 Å². The van der Waals surface area contributed by atoms with Crippen LogP contribution in [0.4, 0.5) is 0 Å². The van der Waals surface area contributed by atoms with Crippen molar-refractivity contribution >= 4 is 5.96 Å². The second kappa shape index (κ2) is 11.9. The second-order valence-corrected chi connectivity index (χ2v) is 8.17. The van der Waals surface area contributed by atoms with E-state index >= 15 is 0 Å². The van der Waals surface area contributed by atoms with Crippen molar-refractivity contribution in [3.05, 3.63) is 52.9 Å². The van der Waals surface area contributed by atoms with Crippen molar-refractivity contribution < 1.29 is 4.52 Å². The molecular weight excluding hydrogens is 388 g/mol. The minimum atomic E-state index is 0.464. The topological polar surface area (TPSA) is 68.9 Å². The van der Waals surface area contributed by atoms with Crippen LogP contribution >= 0.6 is 0 Å². The van der Waals surface area contributed by atoms with Crippen LogP contribution in [0.25, 0.3) is 0 Å². The van der Waals surface area contributed by atoms with E-state index in [-0.39, 0.29) is 0 Å². The van der Waals surface area contributed by atoms with E-state index in [2.05, 4.69) is 81.8 Å². The van der Waals surface area contributed by atoms with Gasteiger partial charge in [0.05, 0.1) is 5.69 Å². The summed E-state index contributed by atoms with van der Waals surface area (Å²) in [5.41, 5.74) is 3.60. The lowest BCUT2D eigenvalue weighted by Gasteiger charge is -2.40. The molecule has 2 heterocycles. The van der Waals surface area contributed by atoms with Gasteiger partial charge in [0, 0.05) is 64.3 Å². The van der Waals surface area contributed by atoms with Gasteiger partial charge in [-0.2, -0.15) is 0 Å². The number of rotatable bonds is 9. The van der Waals surface area contributed by atoms with E-state index in [1.54, 1.807) is 0 Å². The number of piperazine rings is 1. The van der Waals surface area contributed by atoms with Gasteiger partial charge in [0.25, 0.3) is 0 Å². The van der Waals surface area contributed by atoms with E-state index in [0.717, 1.165) is 75.0 Å². The second-order valence-electron chi connectivity index (χ2n) is 8.17. The Kier molecular flexibility index (Phi) is 8.91. The molecule has 0 bridgehead atoms. The summed E-state index contributed by atoms with van der Waals surface area (Å²) in [6, 6.07) is 11.3. The summed E-state index contributed by atoms with van der Waals surface area (Å²) < 4.78 is 5.46. The first kappa shape index (κ1) is 23.3. The van der Waals surface area contributed by atoms with Gasteiger partial charge < -0.3 is 20.1 Å². The lowest BCUT2D eigenvalue weighted by atomic mass is 10.0. The third-order valence-corrected chi connectivity index (χ3v) is 6.06. The summed E-state index contributed by atoms with van der Waals surface area (Å²) in [6.45, 7) is 10.2. The molecule has 0 aliphatic carbocycles. The lowest BCUT2D eigenvalue weighted by molar-refractivity contribution is 0.0891. The number of aryl methyl sites for hydroxylation is 2. The van der Waals surface area contributed by atoms with Gasteiger partial charge in [-0.3, -0.25) is 9.89 Å². The first-order chi connectivity index (χ1) is 15.2. The first-order valence-electron chi connectivity index (χ1n) is 11.5. The average Bonchev–Trinajstić information content (AvgIpc) is 3.22. The van der Waals surface area contributed by atoms with Crippen molar-refractivity contribution in [2.24, 2.45) is 4.99 Å². The van der Waals surface area contributed by atoms with Crippen LogP contribution in [0.2, 0.25) is 0 Å². The molecule has 1 aliphatic rings. The Balaban J connectivity index is 1.47. The van der Waals surface area contributed by atoms with E-state index in [1.807, 2.05) is 7.05 Å². The molecular formula is C24H38N6O. The minimum absolute atomic E-state index is 0.464. The van der Waals surface area contributed by atoms with E-state index in [9.17, 15) is 0 Å². The SMILES string of the molecule is CCc1noc(CC)c1CNC(=NC)NCCCN1CCN(C)CC1c1ccccc1. The molecule has 1 atom stereocenters. The highest BCUT2D eigenvalue weighted by Gasteiger charge is 2.25. The lowest BCUT2D eigenvalue weighted by Crippen LogP contribution is -2.47.